The van der Waals surface area contributed by atoms with E-state index >= 15 is 0 Å². The molecule has 0 aliphatic heterocycles. The zero-order valence-electron chi connectivity index (χ0n) is 28.2. The van der Waals surface area contributed by atoms with Crippen molar-refractivity contribution in [2.75, 3.05) is 31.9 Å². The molecule has 9 nitrogen and oxygen atoms in total. The quantitative estimate of drug-likeness (QED) is 0.0710. The lowest BCUT2D eigenvalue weighted by Crippen LogP contribution is -2.31. The van der Waals surface area contributed by atoms with Crippen LogP contribution in [0, 0.1) is 29.6 Å². The predicted molar refractivity (Wildman–Crippen MR) is 195 cm³/mol. The molecule has 0 spiro atoms. The first kappa shape index (κ1) is 49.0. The van der Waals surface area contributed by atoms with Crippen LogP contribution in [0.5, 0.6) is 5.75 Å². The summed E-state index contributed by atoms with van der Waals surface area (Å²) < 4.78 is 0. The zero-order valence-corrected chi connectivity index (χ0v) is 29.0. The predicted octanol–water partition coefficient (Wildman–Crippen LogP) is 7.55. The topological polar surface area (TPSA) is 151 Å². The van der Waals surface area contributed by atoms with Crippen molar-refractivity contribution >= 4 is 48.0 Å². The summed E-state index contributed by atoms with van der Waals surface area (Å²) in [6.45, 7) is 29.9. The number of aromatic hydroxyl groups is 1. The van der Waals surface area contributed by atoms with Crippen LogP contribution in [-0.4, -0.2) is 72.4 Å². The molecule has 0 aliphatic carbocycles. The highest BCUT2D eigenvalue weighted by molar-refractivity contribution is 8.03. The van der Waals surface area contributed by atoms with Crippen molar-refractivity contribution in [3.05, 3.63) is 47.9 Å². The molecule has 0 atom stereocenters. The standard InChI is InChI=1S/C20H32N4O2S.C4H10.C3H5N3.C2H6.C2H4.C2H2/c1-5-12-24(7-3)20(26)16-10-9-11-17(19(16)25)23-18(21)14-22-13-15(6-2)27-8-4;1-4(2)3;1-6-3(5)2-4;3*1-2/h6,9-11,22,25H,5,7-8,12-14H2,1-4H3,(H2,21,23);4H,1-3H3;2,4-5H,1H2;1-2H3;1-2H2;1-2H/b15-6-;;;;;. The summed E-state index contributed by atoms with van der Waals surface area (Å²) in [5.74, 6) is 1.78. The summed E-state index contributed by atoms with van der Waals surface area (Å²) in [6.07, 6.45) is 11.8. The lowest BCUT2D eigenvalue weighted by atomic mass is 10.1. The second-order valence-corrected chi connectivity index (χ2v) is 9.76. The molecule has 1 amide bonds. The van der Waals surface area contributed by atoms with Crippen molar-refractivity contribution < 1.29 is 9.90 Å². The molecule has 0 aromatic heterocycles. The van der Waals surface area contributed by atoms with E-state index in [1.54, 1.807) is 34.9 Å². The largest absolute Gasteiger partial charge is 0.505 e. The number of para-hydroxylation sites is 1. The number of thioether (sulfide) groups is 1. The van der Waals surface area contributed by atoms with Crippen LogP contribution >= 0.6 is 11.8 Å². The van der Waals surface area contributed by atoms with E-state index in [0.717, 1.165) is 30.9 Å². The van der Waals surface area contributed by atoms with Gasteiger partial charge in [-0.15, -0.1) is 37.8 Å². The minimum absolute atomic E-state index is 0.102. The maximum Gasteiger partial charge on any atom is 0.257 e. The van der Waals surface area contributed by atoms with Crippen molar-refractivity contribution in [1.82, 2.24) is 10.2 Å². The number of nitrogens with one attached hydrogen (secondary N) is 3. The number of nitrogens with two attached hydrogens (primary N) is 1. The summed E-state index contributed by atoms with van der Waals surface area (Å²) in [5.41, 5.74) is 6.55. The normalized spacial score (nSPS) is 9.77. The Labute approximate surface area is 267 Å². The molecular weight excluding hydrogens is 558 g/mol. The Morgan fingerprint density at radius 2 is 1.72 bits per heavy atom. The van der Waals surface area contributed by atoms with Crippen LogP contribution in [0.4, 0.5) is 5.69 Å². The van der Waals surface area contributed by atoms with Crippen LogP contribution in [0.1, 0.15) is 79.1 Å². The van der Waals surface area contributed by atoms with Gasteiger partial charge in [0.2, 0.25) is 0 Å². The fraction of sp³-hybridized carbons (Fsp3) is 0.485. The molecule has 0 heterocycles. The highest BCUT2D eigenvalue weighted by Crippen LogP contribution is 2.31. The third kappa shape index (κ3) is 28.2. The van der Waals surface area contributed by atoms with E-state index in [-0.39, 0.29) is 23.1 Å². The van der Waals surface area contributed by atoms with Gasteiger partial charge >= 0.3 is 0 Å². The molecule has 244 valence electrons. The van der Waals surface area contributed by atoms with Gasteiger partial charge in [-0.05, 0) is 55.7 Å². The summed E-state index contributed by atoms with van der Waals surface area (Å²) >= 11 is 1.78. The highest BCUT2D eigenvalue weighted by Gasteiger charge is 2.19. The van der Waals surface area contributed by atoms with Gasteiger partial charge in [-0.25, -0.2) is 9.98 Å². The summed E-state index contributed by atoms with van der Waals surface area (Å²) in [6, 6.07) is 4.98. The molecule has 0 aliphatic rings. The number of terminal acetylenes is 1. The molecule has 10 heteroatoms. The van der Waals surface area contributed by atoms with Crippen LogP contribution in [0.25, 0.3) is 0 Å². The first-order chi connectivity index (χ1) is 20.5. The molecule has 6 N–H and O–H groups in total. The molecule has 0 unspecified atom stereocenters. The number of benzene rings is 1. The first-order valence-corrected chi connectivity index (χ1v) is 15.3. The number of phenolic OH excluding ortho intramolecular Hbond substituents is 1. The number of hydrogen-bond donors (Lipinski definition) is 5. The summed E-state index contributed by atoms with van der Waals surface area (Å²) in [7, 11) is 0. The second-order valence-electron chi connectivity index (χ2n) is 8.37. The number of allylic oxidation sites excluding steroid dienone is 1. The zero-order chi connectivity index (χ0) is 34.8. The van der Waals surface area contributed by atoms with Gasteiger partial charge in [0.15, 0.2) is 11.6 Å². The maximum absolute atomic E-state index is 12.6. The Morgan fingerprint density at radius 3 is 2.09 bits per heavy atom. The highest BCUT2D eigenvalue weighted by atomic mass is 32.2. The van der Waals surface area contributed by atoms with Gasteiger partial charge in [0.05, 0.1) is 18.3 Å². The minimum Gasteiger partial charge on any atom is -0.505 e. The van der Waals surface area contributed by atoms with E-state index in [1.807, 2.05) is 34.6 Å². The number of nitrogens with zero attached hydrogens (tertiary/aromatic N) is 3. The van der Waals surface area contributed by atoms with E-state index in [4.69, 9.17) is 16.6 Å². The Kier molecular flexibility index (Phi) is 41.4. The average molecular weight is 618 g/mol. The molecule has 0 saturated carbocycles. The number of carbonyl (C=O) groups excluding carboxylic acids is 1. The monoisotopic (exact) mass is 617 g/mol. The number of amides is 1. The van der Waals surface area contributed by atoms with Crippen LogP contribution in [0.15, 0.2) is 52.3 Å². The van der Waals surface area contributed by atoms with Crippen LogP contribution < -0.4 is 11.1 Å². The molecule has 0 bridgehead atoms. The SMILES string of the molecule is C#C.C/C=C(/CNCC(N)=Nc1cccc(C(=O)N(CC)CCC)c1O)SCC.C=C.C=NC(=N)C=N.CC.CC(C)C. The van der Waals surface area contributed by atoms with Crippen molar-refractivity contribution in [3.63, 3.8) is 0 Å². The van der Waals surface area contributed by atoms with Gasteiger partial charge in [-0.3, -0.25) is 10.2 Å². The van der Waals surface area contributed by atoms with Crippen molar-refractivity contribution in [1.29, 1.82) is 10.8 Å². The Bertz CT molecular complexity index is 945. The lowest BCUT2D eigenvalue weighted by Gasteiger charge is -2.20. The first-order valence-electron chi connectivity index (χ1n) is 14.3. The number of phenols is 1. The second kappa shape index (κ2) is 36.3. The summed E-state index contributed by atoms with van der Waals surface area (Å²) in [5, 5.41) is 26.6. The maximum atomic E-state index is 12.6. The van der Waals surface area contributed by atoms with Crippen molar-refractivity contribution in [3.8, 4) is 18.6 Å². The average Bonchev–Trinajstić information content (AvgIpc) is 3.02. The van der Waals surface area contributed by atoms with E-state index in [9.17, 15) is 9.90 Å². The van der Waals surface area contributed by atoms with E-state index < -0.39 is 0 Å². The van der Waals surface area contributed by atoms with Crippen LogP contribution in [0.3, 0.4) is 0 Å². The molecule has 43 heavy (non-hydrogen) atoms. The van der Waals surface area contributed by atoms with E-state index in [1.165, 1.54) is 4.91 Å². The molecular formula is C33H59N7O2S. The third-order valence-corrected chi connectivity index (χ3v) is 5.28. The van der Waals surface area contributed by atoms with Crippen LogP contribution in [-0.2, 0) is 0 Å². The van der Waals surface area contributed by atoms with Crippen LogP contribution in [0.2, 0.25) is 0 Å². The van der Waals surface area contributed by atoms with Gasteiger partial charge in [-0.1, -0.05) is 60.6 Å². The molecule has 0 fully saturated rings. The minimum atomic E-state index is -0.195. The molecule has 1 rings (SSSR count). The van der Waals surface area contributed by atoms with Gasteiger partial charge in [0, 0.05) is 19.6 Å². The fourth-order valence-corrected chi connectivity index (χ4v) is 3.35. The van der Waals surface area contributed by atoms with Gasteiger partial charge in [0.25, 0.3) is 5.91 Å². The number of carbonyl (C=O) groups is 1. The molecule has 1 aromatic rings. The lowest BCUT2D eigenvalue weighted by molar-refractivity contribution is 0.0761. The van der Waals surface area contributed by atoms with Crippen molar-refractivity contribution in [2.24, 2.45) is 21.6 Å². The fourth-order valence-electron chi connectivity index (χ4n) is 2.61. The van der Waals surface area contributed by atoms with E-state index in [0.29, 0.717) is 31.2 Å². The van der Waals surface area contributed by atoms with Gasteiger partial charge in [0.1, 0.15) is 11.5 Å². The molecule has 0 saturated heterocycles. The Balaban J connectivity index is -0.000000250. The van der Waals surface area contributed by atoms with Crippen molar-refractivity contribution in [2.45, 2.75) is 68.7 Å². The van der Waals surface area contributed by atoms with Gasteiger partial charge in [-0.2, -0.15) is 0 Å². The number of amidine groups is 2. The Morgan fingerprint density at radius 1 is 1.19 bits per heavy atom. The third-order valence-electron chi connectivity index (χ3n) is 4.24. The molecule has 0 radical (unpaired) electrons. The Hall–Kier alpha value is -3.68. The number of hydrogen-bond acceptors (Lipinski definition) is 7. The smallest absolute Gasteiger partial charge is 0.257 e. The van der Waals surface area contributed by atoms with E-state index in [2.05, 4.69) is 81.8 Å². The number of aliphatic imine (C=N–C) groups is 2. The molecule has 1 aromatic carbocycles. The number of rotatable bonds is 12. The summed E-state index contributed by atoms with van der Waals surface area (Å²) in [4.78, 5) is 23.0. The van der Waals surface area contributed by atoms with Gasteiger partial charge < -0.3 is 26.5 Å².